The zero-order valence-electron chi connectivity index (χ0n) is 11.5. The van der Waals surface area contributed by atoms with Gasteiger partial charge < -0.3 is 10.3 Å². The van der Waals surface area contributed by atoms with E-state index in [1.54, 1.807) is 12.1 Å². The number of fused-ring (bicyclic) bond motifs is 1. The van der Waals surface area contributed by atoms with Gasteiger partial charge in [-0.1, -0.05) is 23.2 Å². The molecule has 2 aliphatic rings. The maximum absolute atomic E-state index is 12.5. The number of H-pyrrole nitrogens is 1. The fraction of sp³-hybridized carbons (Fsp3) is 0.438. The Morgan fingerprint density at radius 2 is 1.86 bits per heavy atom. The van der Waals surface area contributed by atoms with Crippen molar-refractivity contribution in [1.82, 2.24) is 10.3 Å². The molecule has 0 radical (unpaired) electrons. The Morgan fingerprint density at radius 1 is 1.19 bits per heavy atom. The fourth-order valence-corrected chi connectivity index (χ4v) is 3.50. The normalized spacial score (nSPS) is 18.4. The van der Waals surface area contributed by atoms with E-state index in [9.17, 15) is 4.79 Å². The highest BCUT2D eigenvalue weighted by atomic mass is 35.5. The zero-order valence-corrected chi connectivity index (χ0v) is 13.0. The molecule has 1 aromatic carbocycles. The summed E-state index contributed by atoms with van der Waals surface area (Å²) in [6, 6.07) is 5.74. The summed E-state index contributed by atoms with van der Waals surface area (Å²) in [5.41, 5.74) is 1.28. The Balaban J connectivity index is 1.62. The van der Waals surface area contributed by atoms with Crippen molar-refractivity contribution in [2.75, 3.05) is 0 Å². The average Bonchev–Trinajstić information content (AvgIpc) is 3.36. The van der Waals surface area contributed by atoms with E-state index in [1.807, 2.05) is 6.07 Å². The maximum atomic E-state index is 12.5. The number of halogens is 2. The molecule has 4 rings (SSSR count). The number of rotatable bonds is 4. The molecule has 1 aromatic heterocycles. The van der Waals surface area contributed by atoms with Crippen molar-refractivity contribution in [3.05, 3.63) is 33.9 Å². The first-order chi connectivity index (χ1) is 10.1. The predicted molar refractivity (Wildman–Crippen MR) is 85.0 cm³/mol. The van der Waals surface area contributed by atoms with Crippen molar-refractivity contribution >= 4 is 40.0 Å². The highest BCUT2D eigenvalue weighted by molar-refractivity contribution is 6.39. The molecule has 0 spiro atoms. The first-order valence-corrected chi connectivity index (χ1v) is 8.16. The molecule has 3 nitrogen and oxygen atoms in total. The lowest BCUT2D eigenvalue weighted by Gasteiger charge is -2.17. The highest BCUT2D eigenvalue weighted by Gasteiger charge is 2.42. The first kappa shape index (κ1) is 13.5. The van der Waals surface area contributed by atoms with Gasteiger partial charge in [-0.25, -0.2) is 0 Å². The van der Waals surface area contributed by atoms with Gasteiger partial charge in [-0.2, -0.15) is 0 Å². The van der Waals surface area contributed by atoms with Crippen LogP contribution < -0.4 is 5.32 Å². The molecule has 1 heterocycles. The second-order valence-electron chi connectivity index (χ2n) is 6.18. The van der Waals surface area contributed by atoms with Crippen LogP contribution in [0, 0.1) is 11.8 Å². The van der Waals surface area contributed by atoms with Crippen LogP contribution in [0.15, 0.2) is 18.2 Å². The molecular weight excluding hydrogens is 307 g/mol. The predicted octanol–water partition coefficient (Wildman–Crippen LogP) is 4.39. The number of amides is 1. The summed E-state index contributed by atoms with van der Waals surface area (Å²) in [7, 11) is 0. The number of benzene rings is 1. The van der Waals surface area contributed by atoms with Gasteiger partial charge >= 0.3 is 0 Å². The second-order valence-corrected chi connectivity index (χ2v) is 6.99. The Morgan fingerprint density at radius 3 is 2.48 bits per heavy atom. The molecule has 0 bridgehead atoms. The van der Waals surface area contributed by atoms with Gasteiger partial charge in [-0.05, 0) is 55.7 Å². The quantitative estimate of drug-likeness (QED) is 0.861. The number of nitrogens with one attached hydrogen (secondary N) is 2. The fourth-order valence-electron chi connectivity index (χ4n) is 3.04. The second kappa shape index (κ2) is 4.92. The third kappa shape index (κ3) is 2.53. The maximum Gasteiger partial charge on any atom is 0.269 e. The Bertz CT molecular complexity index is 704. The van der Waals surface area contributed by atoms with Gasteiger partial charge in [-0.3, -0.25) is 4.79 Å². The minimum atomic E-state index is -0.101. The van der Waals surface area contributed by atoms with Gasteiger partial charge in [0.15, 0.2) is 0 Å². The Hall–Kier alpha value is -1.19. The summed E-state index contributed by atoms with van der Waals surface area (Å²) in [5, 5.41) is 5.05. The average molecular weight is 323 g/mol. The SMILES string of the molecule is O=C(NC(C1CC1)C1CC1)c1[nH]c2ccc(Cl)cc2c1Cl. The molecule has 2 N–H and O–H groups in total. The van der Waals surface area contributed by atoms with Crippen LogP contribution in [0.5, 0.6) is 0 Å². The van der Waals surface area contributed by atoms with E-state index in [1.165, 1.54) is 25.7 Å². The van der Waals surface area contributed by atoms with Crippen molar-refractivity contribution in [3.63, 3.8) is 0 Å². The van der Waals surface area contributed by atoms with Gasteiger partial charge in [0.05, 0.1) is 5.02 Å². The van der Waals surface area contributed by atoms with Crippen molar-refractivity contribution in [1.29, 1.82) is 0 Å². The summed E-state index contributed by atoms with van der Waals surface area (Å²) in [6.07, 6.45) is 4.93. The van der Waals surface area contributed by atoms with Gasteiger partial charge in [0.2, 0.25) is 0 Å². The van der Waals surface area contributed by atoms with Gasteiger partial charge in [0.25, 0.3) is 5.91 Å². The largest absolute Gasteiger partial charge is 0.349 e. The Kier molecular flexibility index (Phi) is 3.16. The van der Waals surface area contributed by atoms with Crippen LogP contribution in [0.25, 0.3) is 10.9 Å². The lowest BCUT2D eigenvalue weighted by molar-refractivity contribution is 0.0922. The standard InChI is InChI=1S/C16H16Cl2N2O/c17-10-5-6-12-11(7-10)13(18)15(19-12)16(21)20-14(8-1-2-8)9-3-4-9/h5-9,14,19H,1-4H2,(H,20,21). The molecule has 2 aliphatic carbocycles. The smallest absolute Gasteiger partial charge is 0.269 e. The number of carbonyl (C=O) groups is 1. The van der Waals surface area contributed by atoms with E-state index in [0.717, 1.165) is 10.9 Å². The number of hydrogen-bond acceptors (Lipinski definition) is 1. The lowest BCUT2D eigenvalue weighted by atomic mass is 10.1. The number of aromatic nitrogens is 1. The minimum absolute atomic E-state index is 0.101. The summed E-state index contributed by atoms with van der Waals surface area (Å²) in [6.45, 7) is 0. The van der Waals surface area contributed by atoms with Crippen molar-refractivity contribution < 1.29 is 4.79 Å². The molecule has 2 saturated carbocycles. The number of hydrogen-bond donors (Lipinski definition) is 2. The minimum Gasteiger partial charge on any atom is -0.349 e. The van der Waals surface area contributed by atoms with Crippen molar-refractivity contribution in [3.8, 4) is 0 Å². The van der Waals surface area contributed by atoms with Crippen LogP contribution in [0.1, 0.15) is 36.2 Å². The van der Waals surface area contributed by atoms with Gasteiger partial charge in [0.1, 0.15) is 5.69 Å². The topological polar surface area (TPSA) is 44.9 Å². The van der Waals surface area contributed by atoms with E-state index in [0.29, 0.717) is 33.6 Å². The summed E-state index contributed by atoms with van der Waals surface area (Å²) >= 11 is 12.3. The molecule has 21 heavy (non-hydrogen) atoms. The van der Waals surface area contributed by atoms with Gasteiger partial charge in [-0.15, -0.1) is 0 Å². The first-order valence-electron chi connectivity index (χ1n) is 7.41. The molecule has 110 valence electrons. The molecular formula is C16H16Cl2N2O. The number of carbonyl (C=O) groups excluding carboxylic acids is 1. The lowest BCUT2D eigenvalue weighted by Crippen LogP contribution is -2.38. The molecule has 0 aliphatic heterocycles. The van der Waals surface area contributed by atoms with Crippen LogP contribution in [0.3, 0.4) is 0 Å². The molecule has 1 amide bonds. The third-order valence-corrected chi connectivity index (χ3v) is 5.11. The van der Waals surface area contributed by atoms with E-state index in [-0.39, 0.29) is 5.91 Å². The molecule has 2 aromatic rings. The van der Waals surface area contributed by atoms with Crippen LogP contribution in [-0.4, -0.2) is 16.9 Å². The zero-order chi connectivity index (χ0) is 14.6. The number of aromatic amines is 1. The summed E-state index contributed by atoms with van der Waals surface area (Å²) in [5.74, 6) is 1.23. The highest BCUT2D eigenvalue weighted by Crippen LogP contribution is 2.44. The van der Waals surface area contributed by atoms with Crippen molar-refractivity contribution in [2.24, 2.45) is 11.8 Å². The van der Waals surface area contributed by atoms with Crippen LogP contribution in [0.4, 0.5) is 0 Å². The summed E-state index contributed by atoms with van der Waals surface area (Å²) < 4.78 is 0. The molecule has 0 unspecified atom stereocenters. The van der Waals surface area contributed by atoms with E-state index in [4.69, 9.17) is 23.2 Å². The van der Waals surface area contributed by atoms with E-state index < -0.39 is 0 Å². The van der Waals surface area contributed by atoms with E-state index in [2.05, 4.69) is 10.3 Å². The van der Waals surface area contributed by atoms with Crippen LogP contribution in [-0.2, 0) is 0 Å². The molecule has 5 heteroatoms. The van der Waals surface area contributed by atoms with Gasteiger partial charge in [0, 0.05) is 22.0 Å². The third-order valence-electron chi connectivity index (χ3n) is 4.48. The monoisotopic (exact) mass is 322 g/mol. The Labute approximate surface area is 133 Å². The molecule has 2 fully saturated rings. The van der Waals surface area contributed by atoms with Crippen molar-refractivity contribution in [2.45, 2.75) is 31.7 Å². The summed E-state index contributed by atoms with van der Waals surface area (Å²) in [4.78, 5) is 15.6. The van der Waals surface area contributed by atoms with Crippen LogP contribution >= 0.6 is 23.2 Å². The van der Waals surface area contributed by atoms with E-state index >= 15 is 0 Å². The molecule has 0 atom stereocenters. The van der Waals surface area contributed by atoms with Crippen LogP contribution in [0.2, 0.25) is 10.0 Å². The molecule has 0 saturated heterocycles.